The van der Waals surface area contributed by atoms with Crippen LogP contribution in [0.15, 0.2) is 4.79 Å². The summed E-state index contributed by atoms with van der Waals surface area (Å²) in [7, 11) is 0. The third-order valence-electron chi connectivity index (χ3n) is 3.13. The van der Waals surface area contributed by atoms with Gasteiger partial charge >= 0.3 is 4.87 Å². The van der Waals surface area contributed by atoms with E-state index in [0.29, 0.717) is 0 Å². The molecular weight excluding hydrogens is 288 g/mol. The van der Waals surface area contributed by atoms with Crippen LogP contribution in [-0.2, 0) is 4.74 Å². The van der Waals surface area contributed by atoms with Crippen molar-refractivity contribution in [3.8, 4) is 5.88 Å². The van der Waals surface area contributed by atoms with Crippen molar-refractivity contribution in [1.29, 1.82) is 0 Å². The summed E-state index contributed by atoms with van der Waals surface area (Å²) in [5, 5.41) is 28.5. The molecule has 0 aliphatic carbocycles. The molecule has 5 N–H and O–H groups in total. The maximum absolute atomic E-state index is 12.0. The van der Waals surface area contributed by atoms with E-state index >= 15 is 0 Å². The zero-order chi connectivity index (χ0) is 14.4. The number of aliphatic hydroxyl groups excluding tert-OH is 2. The van der Waals surface area contributed by atoms with Crippen molar-refractivity contribution in [2.24, 2.45) is 0 Å². The summed E-state index contributed by atoms with van der Waals surface area (Å²) >= 11 is 0.764. The van der Waals surface area contributed by atoms with Crippen LogP contribution in [0.4, 0.5) is 5.95 Å². The van der Waals surface area contributed by atoms with Gasteiger partial charge in [-0.3, -0.25) is 9.36 Å². The van der Waals surface area contributed by atoms with Crippen LogP contribution in [0.3, 0.4) is 0 Å². The van der Waals surface area contributed by atoms with Gasteiger partial charge in [0.15, 0.2) is 5.65 Å². The van der Waals surface area contributed by atoms with Gasteiger partial charge in [-0.15, -0.1) is 0 Å². The number of aliphatic hydroxyl groups is 2. The monoisotopic (exact) mass is 300 g/mol. The molecule has 10 heteroatoms. The first kappa shape index (κ1) is 13.2. The van der Waals surface area contributed by atoms with Crippen LogP contribution >= 0.6 is 11.3 Å². The predicted molar refractivity (Wildman–Crippen MR) is 69.4 cm³/mol. The number of aromatic hydroxyl groups is 1. The highest BCUT2D eigenvalue weighted by molar-refractivity contribution is 7.16. The number of hydrogen-bond donors (Lipinski definition) is 4. The molecule has 20 heavy (non-hydrogen) atoms. The van der Waals surface area contributed by atoms with Gasteiger partial charge < -0.3 is 25.8 Å². The third-order valence-corrected chi connectivity index (χ3v) is 4.07. The predicted octanol–water partition coefficient (Wildman–Crippen LogP) is -1.22. The van der Waals surface area contributed by atoms with Gasteiger partial charge in [0.05, 0.1) is 12.7 Å². The molecule has 2 aromatic rings. The Labute approximate surface area is 115 Å². The van der Waals surface area contributed by atoms with Crippen molar-refractivity contribution < 1.29 is 20.1 Å². The number of thiazole rings is 1. The van der Waals surface area contributed by atoms with E-state index in [1.54, 1.807) is 0 Å². The molecule has 0 radical (unpaired) electrons. The van der Waals surface area contributed by atoms with Gasteiger partial charge in [-0.25, -0.2) is 0 Å². The Morgan fingerprint density at radius 3 is 2.90 bits per heavy atom. The second-order valence-corrected chi connectivity index (χ2v) is 5.37. The first-order valence-corrected chi connectivity index (χ1v) is 6.64. The zero-order valence-corrected chi connectivity index (χ0v) is 10.9. The maximum atomic E-state index is 12.0. The highest BCUT2D eigenvalue weighted by Crippen LogP contribution is 2.33. The fourth-order valence-corrected chi connectivity index (χ4v) is 3.06. The number of fused-ring (bicyclic) bond motifs is 1. The molecule has 2 aromatic heterocycles. The summed E-state index contributed by atoms with van der Waals surface area (Å²) in [6.45, 7) is -0.350. The molecule has 1 saturated heterocycles. The number of nitrogens with two attached hydrogens (primary N) is 1. The van der Waals surface area contributed by atoms with E-state index in [1.165, 1.54) is 4.57 Å². The van der Waals surface area contributed by atoms with Crippen molar-refractivity contribution in [3.05, 3.63) is 9.67 Å². The van der Waals surface area contributed by atoms with Gasteiger partial charge in [0.1, 0.15) is 17.0 Å². The molecule has 0 bridgehead atoms. The molecule has 3 rings (SSSR count). The van der Waals surface area contributed by atoms with Gasteiger partial charge in [0.25, 0.3) is 0 Å². The van der Waals surface area contributed by atoms with Gasteiger partial charge in [0.2, 0.25) is 11.8 Å². The number of nitrogens with zero attached hydrogens (tertiary/aromatic N) is 3. The quantitative estimate of drug-likeness (QED) is 0.540. The summed E-state index contributed by atoms with van der Waals surface area (Å²) < 4.78 is 6.83. The van der Waals surface area contributed by atoms with Crippen LogP contribution in [0.1, 0.15) is 12.6 Å². The van der Waals surface area contributed by atoms with Crippen LogP contribution in [0, 0.1) is 0 Å². The normalized spacial score (nSPS) is 26.4. The fraction of sp³-hybridized carbons (Fsp3) is 0.500. The summed E-state index contributed by atoms with van der Waals surface area (Å²) in [5.74, 6) is -0.538. The highest BCUT2D eigenvalue weighted by atomic mass is 32.1. The average molecular weight is 300 g/mol. The van der Waals surface area contributed by atoms with Gasteiger partial charge in [0, 0.05) is 6.42 Å². The Morgan fingerprint density at radius 1 is 1.50 bits per heavy atom. The molecule has 0 unspecified atom stereocenters. The molecule has 3 heterocycles. The van der Waals surface area contributed by atoms with Crippen LogP contribution in [0.5, 0.6) is 5.88 Å². The summed E-state index contributed by atoms with van der Waals surface area (Å²) in [6.07, 6.45) is -2.26. The number of hydrogen-bond acceptors (Lipinski definition) is 9. The molecule has 0 aromatic carbocycles. The minimum Gasteiger partial charge on any atom is -0.492 e. The Kier molecular flexibility index (Phi) is 3.09. The lowest BCUT2D eigenvalue weighted by Crippen LogP contribution is -2.24. The Balaban J connectivity index is 2.13. The average Bonchev–Trinajstić information content (AvgIpc) is 2.89. The van der Waals surface area contributed by atoms with E-state index < -0.39 is 23.3 Å². The number of ether oxygens (including phenoxy) is 1. The number of nitrogen functional groups attached to an aromatic ring is 1. The lowest BCUT2D eigenvalue weighted by molar-refractivity contribution is -0.0437. The topological polar surface area (TPSA) is 144 Å². The lowest BCUT2D eigenvalue weighted by Gasteiger charge is -2.13. The maximum Gasteiger partial charge on any atom is 0.311 e. The highest BCUT2D eigenvalue weighted by Gasteiger charge is 2.36. The smallest absolute Gasteiger partial charge is 0.311 e. The van der Waals surface area contributed by atoms with Gasteiger partial charge in [-0.1, -0.05) is 11.3 Å². The van der Waals surface area contributed by atoms with E-state index in [-0.39, 0.29) is 35.2 Å². The first-order valence-electron chi connectivity index (χ1n) is 5.83. The molecule has 1 fully saturated rings. The minimum atomic E-state index is -0.875. The van der Waals surface area contributed by atoms with E-state index in [2.05, 4.69) is 9.97 Å². The van der Waals surface area contributed by atoms with Crippen LogP contribution < -0.4 is 10.6 Å². The molecule has 9 nitrogen and oxygen atoms in total. The standard InChI is InChI=1S/C10H12N4O5S/c11-9-12-7-6(8(17)13-9)20-10(18)14(7)5-1-3(16)4(2-15)19-5/h3-5,15-16H,1-2H2,(H3,11,12,13,17)/t3-,4+,5+/m0/s1. The van der Waals surface area contributed by atoms with Crippen molar-refractivity contribution >= 4 is 27.6 Å². The molecule has 1 aliphatic heterocycles. The van der Waals surface area contributed by atoms with Crippen molar-refractivity contribution in [1.82, 2.24) is 14.5 Å². The molecule has 1 aliphatic rings. The first-order chi connectivity index (χ1) is 9.51. The van der Waals surface area contributed by atoms with Crippen molar-refractivity contribution in [2.75, 3.05) is 12.3 Å². The summed E-state index contributed by atoms with van der Waals surface area (Å²) in [6, 6.07) is 0. The number of rotatable bonds is 2. The SMILES string of the molecule is Nc1nc(O)c2sc(=O)n([C@H]3C[C@H](O)[C@@H](CO)O3)c2n1. The van der Waals surface area contributed by atoms with E-state index in [0.717, 1.165) is 11.3 Å². The van der Waals surface area contributed by atoms with Crippen LogP contribution in [0.25, 0.3) is 10.3 Å². The summed E-state index contributed by atoms with van der Waals surface area (Å²) in [4.78, 5) is 19.1. The Bertz CT molecular complexity index is 713. The molecule has 0 amide bonds. The van der Waals surface area contributed by atoms with Crippen LogP contribution in [0.2, 0.25) is 0 Å². The molecule has 0 saturated carbocycles. The second-order valence-electron chi connectivity index (χ2n) is 4.41. The van der Waals surface area contributed by atoms with Crippen molar-refractivity contribution in [2.45, 2.75) is 24.9 Å². The summed E-state index contributed by atoms with van der Waals surface area (Å²) in [5.41, 5.74) is 5.61. The Hall–Kier alpha value is -1.75. The zero-order valence-electron chi connectivity index (χ0n) is 10.1. The lowest BCUT2D eigenvalue weighted by atomic mass is 10.2. The molecule has 3 atom stereocenters. The third kappa shape index (κ3) is 1.93. The Morgan fingerprint density at radius 2 is 2.25 bits per heavy atom. The van der Waals surface area contributed by atoms with Crippen molar-refractivity contribution in [3.63, 3.8) is 0 Å². The number of anilines is 1. The molecular formula is C10H12N4O5S. The molecule has 108 valence electrons. The van der Waals surface area contributed by atoms with E-state index in [1.807, 2.05) is 0 Å². The van der Waals surface area contributed by atoms with E-state index in [4.69, 9.17) is 15.6 Å². The number of aromatic nitrogens is 3. The second kappa shape index (κ2) is 4.66. The fourth-order valence-electron chi connectivity index (χ4n) is 2.21. The van der Waals surface area contributed by atoms with E-state index in [9.17, 15) is 15.0 Å². The molecule has 0 spiro atoms. The largest absolute Gasteiger partial charge is 0.492 e. The minimum absolute atomic E-state index is 0.141. The van der Waals surface area contributed by atoms with Gasteiger partial charge in [-0.05, 0) is 0 Å². The van der Waals surface area contributed by atoms with Crippen LogP contribution in [-0.4, -0.2) is 48.7 Å². The van der Waals surface area contributed by atoms with Gasteiger partial charge in [-0.2, -0.15) is 9.97 Å².